The lowest BCUT2D eigenvalue weighted by atomic mass is 9.91. The summed E-state index contributed by atoms with van der Waals surface area (Å²) in [6, 6.07) is 5.70. The SMILES string of the molecule is Bc1ccc(CC#N)c(C(F)(F)F)c1. The molecule has 0 radical (unpaired) electrons. The minimum absolute atomic E-state index is 0.0330. The summed E-state index contributed by atoms with van der Waals surface area (Å²) in [6.07, 6.45) is -4.59. The maximum Gasteiger partial charge on any atom is 0.416 e. The van der Waals surface area contributed by atoms with Gasteiger partial charge < -0.3 is 0 Å². The van der Waals surface area contributed by atoms with E-state index >= 15 is 0 Å². The first-order valence-electron chi connectivity index (χ1n) is 3.99. The van der Waals surface area contributed by atoms with Crippen molar-refractivity contribution in [3.63, 3.8) is 0 Å². The van der Waals surface area contributed by atoms with E-state index < -0.39 is 11.7 Å². The summed E-state index contributed by atoms with van der Waals surface area (Å²) >= 11 is 0. The van der Waals surface area contributed by atoms with Crippen LogP contribution >= 0.6 is 0 Å². The molecule has 0 aliphatic heterocycles. The van der Waals surface area contributed by atoms with E-state index in [9.17, 15) is 13.2 Å². The molecular weight excluding hydrogens is 190 g/mol. The molecule has 0 atom stereocenters. The van der Waals surface area contributed by atoms with E-state index in [2.05, 4.69) is 0 Å². The van der Waals surface area contributed by atoms with E-state index in [1.165, 1.54) is 6.07 Å². The molecule has 0 aliphatic carbocycles. The number of nitrogens with zero attached hydrogens (tertiary/aromatic N) is 1. The van der Waals surface area contributed by atoms with Crippen LogP contribution in [0.1, 0.15) is 11.1 Å². The van der Waals surface area contributed by atoms with Gasteiger partial charge in [-0.05, 0) is 5.56 Å². The number of hydrogen-bond acceptors (Lipinski definition) is 1. The topological polar surface area (TPSA) is 23.8 Å². The van der Waals surface area contributed by atoms with Crippen molar-refractivity contribution in [3.8, 4) is 6.07 Å². The Morgan fingerprint density at radius 1 is 1.36 bits per heavy atom. The van der Waals surface area contributed by atoms with Crippen molar-refractivity contribution in [2.24, 2.45) is 0 Å². The van der Waals surface area contributed by atoms with Gasteiger partial charge in [0.2, 0.25) is 0 Å². The second-order valence-electron chi connectivity index (χ2n) is 2.99. The summed E-state index contributed by atoms with van der Waals surface area (Å²) in [7, 11) is 1.59. The van der Waals surface area contributed by atoms with Crippen LogP contribution in [0.3, 0.4) is 0 Å². The first-order valence-corrected chi connectivity index (χ1v) is 3.99. The van der Waals surface area contributed by atoms with Crippen molar-refractivity contribution in [2.75, 3.05) is 0 Å². The molecule has 1 nitrogen and oxygen atoms in total. The van der Waals surface area contributed by atoms with Crippen LogP contribution in [0.2, 0.25) is 0 Å². The molecule has 0 bridgehead atoms. The molecule has 0 fully saturated rings. The van der Waals surface area contributed by atoms with Gasteiger partial charge in [-0.25, -0.2) is 0 Å². The maximum atomic E-state index is 12.4. The van der Waals surface area contributed by atoms with Crippen molar-refractivity contribution in [1.29, 1.82) is 5.26 Å². The molecule has 1 rings (SSSR count). The smallest absolute Gasteiger partial charge is 0.198 e. The van der Waals surface area contributed by atoms with Gasteiger partial charge >= 0.3 is 6.18 Å². The Hall–Kier alpha value is -1.44. The standard InChI is InChI=1S/C9H7BF3N/c10-7-2-1-6(3-4-14)8(5-7)9(11,12)13/h1-2,5H,3,10H2. The average molecular weight is 197 g/mol. The Morgan fingerprint density at radius 3 is 2.50 bits per heavy atom. The summed E-state index contributed by atoms with van der Waals surface area (Å²) in [5.41, 5.74) is -0.135. The van der Waals surface area contributed by atoms with Gasteiger partial charge in [-0.2, -0.15) is 18.4 Å². The van der Waals surface area contributed by atoms with Gasteiger partial charge in [0.1, 0.15) is 7.85 Å². The zero-order valence-corrected chi connectivity index (χ0v) is 7.52. The number of nitriles is 1. The van der Waals surface area contributed by atoms with Gasteiger partial charge in [-0.3, -0.25) is 0 Å². The molecule has 0 unspecified atom stereocenters. The minimum atomic E-state index is -4.38. The van der Waals surface area contributed by atoms with E-state index in [1.54, 1.807) is 20.0 Å². The zero-order valence-electron chi connectivity index (χ0n) is 7.52. The first kappa shape index (κ1) is 10.6. The first-order chi connectivity index (χ1) is 6.45. The lowest BCUT2D eigenvalue weighted by Crippen LogP contribution is -2.14. The fourth-order valence-corrected chi connectivity index (χ4v) is 1.19. The molecule has 0 spiro atoms. The Bertz CT molecular complexity index is 379. The van der Waals surface area contributed by atoms with Crippen LogP contribution in [0.25, 0.3) is 0 Å². The van der Waals surface area contributed by atoms with Crippen LogP contribution < -0.4 is 5.46 Å². The van der Waals surface area contributed by atoms with E-state index in [1.807, 2.05) is 0 Å². The molecule has 0 aromatic heterocycles. The molecule has 0 heterocycles. The fraction of sp³-hybridized carbons (Fsp3) is 0.222. The number of rotatable bonds is 1. The van der Waals surface area contributed by atoms with E-state index in [-0.39, 0.29) is 12.0 Å². The fourth-order valence-electron chi connectivity index (χ4n) is 1.19. The van der Waals surface area contributed by atoms with E-state index in [0.717, 1.165) is 6.07 Å². The number of hydrogen-bond donors (Lipinski definition) is 0. The van der Waals surface area contributed by atoms with Crippen LogP contribution in [-0.4, -0.2) is 7.85 Å². The number of halogens is 3. The molecule has 5 heteroatoms. The van der Waals surface area contributed by atoms with Gasteiger partial charge in [0.25, 0.3) is 0 Å². The molecule has 0 amide bonds. The Labute approximate surface area is 80.6 Å². The van der Waals surface area contributed by atoms with Gasteiger partial charge in [0.05, 0.1) is 18.1 Å². The van der Waals surface area contributed by atoms with Crippen LogP contribution in [0.15, 0.2) is 18.2 Å². The Morgan fingerprint density at radius 2 is 2.00 bits per heavy atom. The molecule has 1 aromatic rings. The van der Waals surface area contributed by atoms with Crippen LogP contribution in [-0.2, 0) is 12.6 Å². The number of benzene rings is 1. The van der Waals surface area contributed by atoms with Crippen LogP contribution in [0.4, 0.5) is 13.2 Å². The molecular formula is C9H7BF3N. The summed E-state index contributed by atoms with van der Waals surface area (Å²) in [5.74, 6) is 0. The number of alkyl halides is 3. The highest BCUT2D eigenvalue weighted by Crippen LogP contribution is 2.31. The highest BCUT2D eigenvalue weighted by Gasteiger charge is 2.32. The summed E-state index contributed by atoms with van der Waals surface area (Å²) in [4.78, 5) is 0. The summed E-state index contributed by atoms with van der Waals surface area (Å²) in [6.45, 7) is 0. The predicted octanol–water partition coefficient (Wildman–Crippen LogP) is 1.03. The molecule has 0 saturated carbocycles. The largest absolute Gasteiger partial charge is 0.416 e. The van der Waals surface area contributed by atoms with E-state index in [4.69, 9.17) is 5.26 Å². The van der Waals surface area contributed by atoms with Crippen molar-refractivity contribution in [3.05, 3.63) is 29.3 Å². The average Bonchev–Trinajstić information content (AvgIpc) is 2.07. The zero-order chi connectivity index (χ0) is 10.8. The Kier molecular flexibility index (Phi) is 2.85. The summed E-state index contributed by atoms with van der Waals surface area (Å²) in [5, 5.41) is 8.36. The molecule has 0 aliphatic rings. The normalized spacial score (nSPS) is 11.0. The third-order valence-corrected chi connectivity index (χ3v) is 1.84. The van der Waals surface area contributed by atoms with Gasteiger partial charge in [0, 0.05) is 0 Å². The third kappa shape index (κ3) is 2.29. The van der Waals surface area contributed by atoms with Crippen molar-refractivity contribution < 1.29 is 13.2 Å². The maximum absolute atomic E-state index is 12.4. The predicted molar refractivity (Wildman–Crippen MR) is 48.9 cm³/mol. The van der Waals surface area contributed by atoms with E-state index in [0.29, 0.717) is 5.46 Å². The minimum Gasteiger partial charge on any atom is -0.198 e. The molecule has 0 saturated heterocycles. The lowest BCUT2D eigenvalue weighted by molar-refractivity contribution is -0.138. The molecule has 72 valence electrons. The van der Waals surface area contributed by atoms with Crippen molar-refractivity contribution >= 4 is 13.3 Å². The Balaban J connectivity index is 3.24. The lowest BCUT2D eigenvalue weighted by Gasteiger charge is -2.11. The highest BCUT2D eigenvalue weighted by molar-refractivity contribution is 6.32. The van der Waals surface area contributed by atoms with Crippen LogP contribution in [0, 0.1) is 11.3 Å². The monoisotopic (exact) mass is 197 g/mol. The van der Waals surface area contributed by atoms with Crippen molar-refractivity contribution in [2.45, 2.75) is 12.6 Å². The highest BCUT2D eigenvalue weighted by atomic mass is 19.4. The second-order valence-corrected chi connectivity index (χ2v) is 2.99. The summed E-state index contributed by atoms with van der Waals surface area (Å²) < 4.78 is 37.3. The van der Waals surface area contributed by atoms with Gasteiger partial charge in [-0.15, -0.1) is 0 Å². The van der Waals surface area contributed by atoms with Crippen LogP contribution in [0.5, 0.6) is 0 Å². The van der Waals surface area contributed by atoms with Crippen molar-refractivity contribution in [1.82, 2.24) is 0 Å². The molecule has 1 aromatic carbocycles. The molecule has 14 heavy (non-hydrogen) atoms. The molecule has 0 N–H and O–H groups in total. The van der Waals surface area contributed by atoms with Gasteiger partial charge in [0.15, 0.2) is 0 Å². The quantitative estimate of drug-likeness (QED) is 0.616. The third-order valence-electron chi connectivity index (χ3n) is 1.84. The second kappa shape index (κ2) is 3.75. The van der Waals surface area contributed by atoms with Gasteiger partial charge in [-0.1, -0.05) is 23.7 Å².